The number of carbonyl (C=O) groups is 2. The third-order valence-electron chi connectivity index (χ3n) is 4.58. The minimum atomic E-state index is 0.0439. The van der Waals surface area contributed by atoms with Gasteiger partial charge in [-0.25, -0.2) is 0 Å². The van der Waals surface area contributed by atoms with Gasteiger partial charge in [0.15, 0.2) is 5.78 Å². The number of rotatable bonds is 8. The van der Waals surface area contributed by atoms with Crippen molar-refractivity contribution in [2.24, 2.45) is 0 Å². The van der Waals surface area contributed by atoms with Crippen molar-refractivity contribution in [3.63, 3.8) is 0 Å². The van der Waals surface area contributed by atoms with Crippen LogP contribution in [-0.2, 0) is 4.79 Å². The highest BCUT2D eigenvalue weighted by Gasteiger charge is 2.17. The number of piperidine rings is 1. The number of ketones is 1. The van der Waals surface area contributed by atoms with Crippen LogP contribution in [0.4, 0.5) is 0 Å². The normalized spacial score (nSPS) is 16.6. The molecule has 1 unspecified atom stereocenters. The molecule has 1 saturated heterocycles. The monoisotopic (exact) mass is 394 g/mol. The van der Waals surface area contributed by atoms with Crippen molar-refractivity contribution in [1.82, 2.24) is 10.2 Å². The first kappa shape index (κ1) is 19.1. The number of carbonyl (C=O) groups excluding carboxylic acids is 2. The number of halogens is 1. The average Bonchev–Trinajstić information content (AvgIpc) is 2.61. The largest absolute Gasteiger partial charge is 0.355 e. The van der Waals surface area contributed by atoms with Crippen LogP contribution in [0, 0.1) is 0 Å². The number of nitrogens with zero attached hydrogens (tertiary/aromatic N) is 1. The van der Waals surface area contributed by atoms with Gasteiger partial charge in [-0.05, 0) is 51.4 Å². The fraction of sp³-hybridized carbons (Fsp3) is 0.579. The zero-order valence-electron chi connectivity index (χ0n) is 14.4. The molecular formula is C19H27BrN2O2. The van der Waals surface area contributed by atoms with Gasteiger partial charge in [0.05, 0.1) is 0 Å². The van der Waals surface area contributed by atoms with Gasteiger partial charge in [-0.1, -0.05) is 34.5 Å². The van der Waals surface area contributed by atoms with E-state index < -0.39 is 0 Å². The summed E-state index contributed by atoms with van der Waals surface area (Å²) in [7, 11) is 0. The lowest BCUT2D eigenvalue weighted by molar-refractivity contribution is -0.121. The van der Waals surface area contributed by atoms with E-state index in [0.717, 1.165) is 17.6 Å². The smallest absolute Gasteiger partial charge is 0.220 e. The molecule has 1 atom stereocenters. The predicted octanol–water partition coefficient (Wildman–Crippen LogP) is 3.79. The zero-order chi connectivity index (χ0) is 17.4. The molecule has 2 rings (SSSR count). The SMILES string of the molecule is CC(CNC(=O)CCCC(=O)c1ccc(Br)cc1)N1CCCCC1. The van der Waals surface area contributed by atoms with Gasteiger partial charge in [-0.2, -0.15) is 0 Å². The Balaban J connectivity index is 1.62. The molecule has 1 aromatic carbocycles. The summed E-state index contributed by atoms with van der Waals surface area (Å²) in [5.41, 5.74) is 0.706. The second-order valence-corrected chi connectivity index (χ2v) is 7.45. The van der Waals surface area contributed by atoms with E-state index in [9.17, 15) is 9.59 Å². The van der Waals surface area contributed by atoms with Gasteiger partial charge >= 0.3 is 0 Å². The van der Waals surface area contributed by atoms with Crippen molar-refractivity contribution in [2.45, 2.75) is 51.5 Å². The first-order valence-electron chi connectivity index (χ1n) is 8.86. The summed E-state index contributed by atoms with van der Waals surface area (Å²) in [6.07, 6.45) is 5.26. The molecule has 1 N–H and O–H groups in total. The highest BCUT2D eigenvalue weighted by Crippen LogP contribution is 2.13. The summed E-state index contributed by atoms with van der Waals surface area (Å²) in [5.74, 6) is 0.138. The molecule has 0 radical (unpaired) electrons. The molecule has 1 aromatic rings. The molecule has 1 aliphatic rings. The maximum atomic E-state index is 12.1. The molecule has 0 spiro atoms. The Morgan fingerprint density at radius 1 is 1.12 bits per heavy atom. The number of benzene rings is 1. The van der Waals surface area contributed by atoms with Crippen LogP contribution in [0.3, 0.4) is 0 Å². The third-order valence-corrected chi connectivity index (χ3v) is 5.11. The second-order valence-electron chi connectivity index (χ2n) is 6.53. The van der Waals surface area contributed by atoms with Gasteiger partial charge in [0.1, 0.15) is 0 Å². The van der Waals surface area contributed by atoms with Crippen LogP contribution in [0.1, 0.15) is 55.8 Å². The molecule has 1 aliphatic heterocycles. The zero-order valence-corrected chi connectivity index (χ0v) is 16.0. The van der Waals surface area contributed by atoms with Crippen molar-refractivity contribution in [3.8, 4) is 0 Å². The van der Waals surface area contributed by atoms with E-state index in [4.69, 9.17) is 0 Å². The fourth-order valence-electron chi connectivity index (χ4n) is 3.03. The van der Waals surface area contributed by atoms with Crippen LogP contribution >= 0.6 is 15.9 Å². The van der Waals surface area contributed by atoms with Gasteiger partial charge in [0.25, 0.3) is 0 Å². The quantitative estimate of drug-likeness (QED) is 0.682. The van der Waals surface area contributed by atoms with Crippen molar-refractivity contribution in [3.05, 3.63) is 34.3 Å². The molecule has 0 aromatic heterocycles. The lowest BCUT2D eigenvalue weighted by Gasteiger charge is -2.32. The molecule has 0 bridgehead atoms. The van der Waals surface area contributed by atoms with Gasteiger partial charge < -0.3 is 5.32 Å². The number of amides is 1. The molecular weight excluding hydrogens is 368 g/mol. The predicted molar refractivity (Wildman–Crippen MR) is 100 cm³/mol. The highest BCUT2D eigenvalue weighted by atomic mass is 79.9. The summed E-state index contributed by atoms with van der Waals surface area (Å²) in [6.45, 7) is 5.14. The van der Waals surface area contributed by atoms with E-state index in [2.05, 4.69) is 33.1 Å². The Kier molecular flexibility index (Phi) is 7.92. The topological polar surface area (TPSA) is 49.4 Å². The summed E-state index contributed by atoms with van der Waals surface area (Å²) < 4.78 is 0.959. The fourth-order valence-corrected chi connectivity index (χ4v) is 3.29. The molecule has 1 amide bonds. The lowest BCUT2D eigenvalue weighted by atomic mass is 10.1. The van der Waals surface area contributed by atoms with Crippen molar-refractivity contribution in [1.29, 1.82) is 0 Å². The minimum Gasteiger partial charge on any atom is -0.355 e. The number of likely N-dealkylation sites (tertiary alicyclic amines) is 1. The summed E-state index contributed by atoms with van der Waals surface area (Å²) in [5, 5.41) is 3.00. The Bertz CT molecular complexity index is 539. The molecule has 1 heterocycles. The van der Waals surface area contributed by atoms with Crippen molar-refractivity contribution >= 4 is 27.6 Å². The van der Waals surface area contributed by atoms with Crippen LogP contribution < -0.4 is 5.32 Å². The van der Waals surface area contributed by atoms with Crippen LogP contribution in [0.2, 0.25) is 0 Å². The first-order chi connectivity index (χ1) is 11.6. The Labute approximate surface area is 153 Å². The van der Waals surface area contributed by atoms with E-state index in [0.29, 0.717) is 37.4 Å². The molecule has 5 heteroatoms. The Hall–Kier alpha value is -1.20. The number of hydrogen-bond acceptors (Lipinski definition) is 3. The van der Waals surface area contributed by atoms with Gasteiger partial charge in [0, 0.05) is 35.5 Å². The van der Waals surface area contributed by atoms with Crippen LogP contribution in [0.5, 0.6) is 0 Å². The van der Waals surface area contributed by atoms with E-state index in [1.165, 1.54) is 19.3 Å². The van der Waals surface area contributed by atoms with Crippen LogP contribution in [0.25, 0.3) is 0 Å². The van der Waals surface area contributed by atoms with Gasteiger partial charge in [-0.15, -0.1) is 0 Å². The van der Waals surface area contributed by atoms with Crippen LogP contribution in [-0.4, -0.2) is 42.3 Å². The highest BCUT2D eigenvalue weighted by molar-refractivity contribution is 9.10. The minimum absolute atomic E-state index is 0.0439. The van der Waals surface area contributed by atoms with E-state index >= 15 is 0 Å². The third kappa shape index (κ3) is 6.36. The van der Waals surface area contributed by atoms with E-state index in [1.54, 1.807) is 0 Å². The summed E-state index contributed by atoms with van der Waals surface area (Å²) in [4.78, 5) is 26.4. The summed E-state index contributed by atoms with van der Waals surface area (Å²) in [6, 6.07) is 7.74. The van der Waals surface area contributed by atoms with Crippen LogP contribution in [0.15, 0.2) is 28.7 Å². The molecule has 0 aliphatic carbocycles. The van der Waals surface area contributed by atoms with Crippen molar-refractivity contribution < 1.29 is 9.59 Å². The summed E-state index contributed by atoms with van der Waals surface area (Å²) >= 11 is 3.36. The number of Topliss-reactive ketones (excluding diaryl/α,β-unsaturated/α-hetero) is 1. The first-order valence-corrected chi connectivity index (χ1v) is 9.65. The van der Waals surface area contributed by atoms with Gasteiger partial charge in [-0.3, -0.25) is 14.5 Å². The lowest BCUT2D eigenvalue weighted by Crippen LogP contribution is -2.44. The van der Waals surface area contributed by atoms with Crippen molar-refractivity contribution in [2.75, 3.05) is 19.6 Å². The standard InChI is InChI=1S/C19H27BrN2O2/c1-15(22-12-3-2-4-13-22)14-21-19(24)7-5-6-18(23)16-8-10-17(20)11-9-16/h8-11,15H,2-7,12-14H2,1H3,(H,21,24). The molecule has 24 heavy (non-hydrogen) atoms. The molecule has 0 saturated carbocycles. The average molecular weight is 395 g/mol. The maximum Gasteiger partial charge on any atom is 0.220 e. The molecule has 4 nitrogen and oxygen atoms in total. The van der Waals surface area contributed by atoms with Gasteiger partial charge in [0.2, 0.25) is 5.91 Å². The maximum absolute atomic E-state index is 12.1. The second kappa shape index (κ2) is 9.94. The Morgan fingerprint density at radius 2 is 1.79 bits per heavy atom. The number of hydrogen-bond donors (Lipinski definition) is 1. The van der Waals surface area contributed by atoms with E-state index in [-0.39, 0.29) is 11.7 Å². The molecule has 1 fully saturated rings. The molecule has 132 valence electrons. The number of nitrogens with one attached hydrogen (secondary N) is 1. The van der Waals surface area contributed by atoms with E-state index in [1.807, 2.05) is 24.3 Å². The Morgan fingerprint density at radius 3 is 2.46 bits per heavy atom.